The monoisotopic (exact) mass is 748 g/mol. The number of halogens is 2. The first-order valence-corrected chi connectivity index (χ1v) is 22.1. The van der Waals surface area contributed by atoms with Crippen molar-refractivity contribution in [3.05, 3.63) is 143 Å². The van der Waals surface area contributed by atoms with Gasteiger partial charge in [-0.15, -0.1) is 68.6 Å². The zero-order chi connectivity index (χ0) is 32.2. The van der Waals surface area contributed by atoms with Gasteiger partial charge in [0.15, 0.2) is 0 Å². The van der Waals surface area contributed by atoms with Crippen LogP contribution < -0.4 is 24.8 Å². The summed E-state index contributed by atoms with van der Waals surface area (Å²) in [7, 11) is 0. The Morgan fingerprint density at radius 1 is 0.596 bits per heavy atom. The predicted molar refractivity (Wildman–Crippen MR) is 198 cm³/mol. The molecule has 7 rings (SSSR count). The molecule has 4 heteroatoms. The van der Waals surface area contributed by atoms with Crippen molar-refractivity contribution in [3.8, 4) is 22.3 Å². The van der Waals surface area contributed by atoms with Gasteiger partial charge in [-0.05, 0) is 41.7 Å². The summed E-state index contributed by atoms with van der Waals surface area (Å²) in [5, 5.41) is 8.09. The quantitative estimate of drug-likeness (QED) is 0.139. The van der Waals surface area contributed by atoms with Gasteiger partial charge in [-0.3, -0.25) is 0 Å². The van der Waals surface area contributed by atoms with Crippen LogP contribution >= 0.6 is 0 Å². The molecule has 0 fully saturated rings. The molecule has 0 heterocycles. The molecule has 240 valence electrons. The van der Waals surface area contributed by atoms with Crippen molar-refractivity contribution in [1.29, 1.82) is 0 Å². The van der Waals surface area contributed by atoms with Crippen LogP contribution in [-0.2, 0) is 23.3 Å². The van der Waals surface area contributed by atoms with Crippen molar-refractivity contribution >= 4 is 37.8 Å². The minimum Gasteiger partial charge on any atom is -1.00 e. The van der Waals surface area contributed by atoms with Gasteiger partial charge >= 0.3 is 41.9 Å². The molecule has 0 unspecified atom stereocenters. The van der Waals surface area contributed by atoms with E-state index in [1.807, 2.05) is 0 Å². The summed E-state index contributed by atoms with van der Waals surface area (Å²) in [6.07, 6.45) is 0. The zero-order valence-electron chi connectivity index (χ0n) is 28.8. The van der Waals surface area contributed by atoms with E-state index in [1.165, 1.54) is 82.4 Å². The molecule has 0 atom stereocenters. The van der Waals surface area contributed by atoms with Crippen LogP contribution in [0.1, 0.15) is 47.6 Å². The number of aryl methyl sites for hydroxylation is 4. The molecule has 0 saturated heterocycles. The van der Waals surface area contributed by atoms with Crippen LogP contribution in [0.2, 0.25) is 13.1 Å². The predicted octanol–water partition coefficient (Wildman–Crippen LogP) is 6.75. The minimum atomic E-state index is 0. The molecule has 0 aromatic heterocycles. The fourth-order valence-corrected chi connectivity index (χ4v) is 6.26. The first kappa shape index (κ1) is 38.7. The van der Waals surface area contributed by atoms with Gasteiger partial charge in [-0.2, -0.15) is 12.1 Å². The summed E-state index contributed by atoms with van der Waals surface area (Å²) in [5.41, 5.74) is 12.3. The van der Waals surface area contributed by atoms with Crippen molar-refractivity contribution in [2.75, 3.05) is 0 Å². The molecule has 0 amide bonds. The molecule has 0 nitrogen and oxygen atoms in total. The molecule has 0 aliphatic rings. The summed E-state index contributed by atoms with van der Waals surface area (Å²) >= 11 is 1.74. The standard InChI is InChI=1S/C22H19.C19H19.C2H6Si.2ClH.Zr/c1-15(2)18-13-17-9-6-12-21(22(17)14-18)20-11-5-8-16-7-3-4-10-19(16)20;1-12-7-13(2)9-16(8-12)17-6-5-15(4)18-10-14(3)11-19(17)18;1-3-2;;;/h3-15H,1-2H3;5-11H,1-4H3;1-2H3;2*1H;/q2*-1;;;;+2/p-2. The normalized spacial score (nSPS) is 10.5. The van der Waals surface area contributed by atoms with Gasteiger partial charge in [0.2, 0.25) is 0 Å². The van der Waals surface area contributed by atoms with Crippen LogP contribution in [-0.4, -0.2) is 5.43 Å². The van der Waals surface area contributed by atoms with Gasteiger partial charge < -0.3 is 24.8 Å². The summed E-state index contributed by atoms with van der Waals surface area (Å²) < 4.78 is 0. The van der Waals surface area contributed by atoms with Crippen molar-refractivity contribution in [2.24, 2.45) is 0 Å². The van der Waals surface area contributed by atoms with E-state index in [9.17, 15) is 0 Å². The maximum Gasteiger partial charge on any atom is -0.0274 e. The topological polar surface area (TPSA) is 0 Å². The molecule has 7 aromatic rings. The van der Waals surface area contributed by atoms with E-state index in [2.05, 4.69) is 170 Å². The Bertz CT molecular complexity index is 2100. The van der Waals surface area contributed by atoms with Crippen LogP contribution in [0.4, 0.5) is 0 Å². The Hall–Kier alpha value is -2.74. The van der Waals surface area contributed by atoms with E-state index < -0.39 is 0 Å². The summed E-state index contributed by atoms with van der Waals surface area (Å²) in [4.78, 5) is 0. The molecule has 47 heavy (non-hydrogen) atoms. The van der Waals surface area contributed by atoms with Gasteiger partial charge in [-0.25, -0.2) is 0 Å². The van der Waals surface area contributed by atoms with E-state index in [1.54, 1.807) is 23.3 Å². The average molecular weight is 751 g/mol. The summed E-state index contributed by atoms with van der Waals surface area (Å²) in [6, 6.07) is 42.4. The van der Waals surface area contributed by atoms with Crippen LogP contribution in [0.3, 0.4) is 0 Å². The maximum absolute atomic E-state index is 2.36. The molecule has 0 N–H and O–H groups in total. The molecule has 0 radical (unpaired) electrons. The first-order chi connectivity index (χ1) is 21.5. The van der Waals surface area contributed by atoms with Crippen molar-refractivity contribution in [1.82, 2.24) is 0 Å². The van der Waals surface area contributed by atoms with Gasteiger partial charge in [-0.1, -0.05) is 123 Å². The van der Waals surface area contributed by atoms with E-state index >= 15 is 0 Å². The van der Waals surface area contributed by atoms with Crippen molar-refractivity contribution in [3.63, 3.8) is 0 Å². The second-order valence-corrected chi connectivity index (χ2v) is 22.3. The Balaban J connectivity index is 0.000000223. The van der Waals surface area contributed by atoms with Gasteiger partial charge in [0.1, 0.15) is 0 Å². The number of benzene rings is 5. The molecule has 0 saturated carbocycles. The SMILES string of the molecule is CC(C)c1cc2c(-c3cccc4ccccc34)cccc2[cH-]1.C[Si](C)=[Zr+2].Cc1cc(C)cc(-c2ccc(C)c3[cH-]c(C)cc23)c1.[Cl-].[Cl-]. The van der Waals surface area contributed by atoms with E-state index in [0.29, 0.717) is 5.92 Å². The third-order valence-electron chi connectivity index (χ3n) is 8.30. The van der Waals surface area contributed by atoms with Crippen molar-refractivity contribution < 1.29 is 48.1 Å². The molecule has 0 bridgehead atoms. The minimum absolute atomic E-state index is 0. The van der Waals surface area contributed by atoms with Crippen LogP contribution in [0, 0.1) is 27.7 Å². The Labute approximate surface area is 309 Å². The summed E-state index contributed by atoms with van der Waals surface area (Å²) in [6.45, 7) is 17.8. The molecule has 0 aliphatic carbocycles. The third-order valence-corrected chi connectivity index (χ3v) is 8.30. The van der Waals surface area contributed by atoms with Crippen LogP contribution in [0.5, 0.6) is 0 Å². The second kappa shape index (κ2) is 17.1. The number of rotatable bonds is 3. The van der Waals surface area contributed by atoms with Gasteiger partial charge in [0.25, 0.3) is 0 Å². The third kappa shape index (κ3) is 9.24. The Kier molecular flexibility index (Phi) is 14.1. The zero-order valence-corrected chi connectivity index (χ0v) is 33.8. The molecule has 0 spiro atoms. The molecule has 0 aliphatic heterocycles. The van der Waals surface area contributed by atoms with Gasteiger partial charge in [0, 0.05) is 0 Å². The number of hydrogen-bond acceptors (Lipinski definition) is 0. The number of hydrogen-bond donors (Lipinski definition) is 0. The Morgan fingerprint density at radius 2 is 1.19 bits per heavy atom. The fraction of sp³-hybridized carbons (Fsp3) is 0.209. The average Bonchev–Trinajstić information content (AvgIpc) is 3.61. The molecule has 7 aromatic carbocycles. The first-order valence-electron chi connectivity index (χ1n) is 16.0. The summed E-state index contributed by atoms with van der Waals surface area (Å²) in [5.74, 6) is 0.563. The second-order valence-electron chi connectivity index (χ2n) is 12.9. The maximum atomic E-state index is 2.36. The van der Waals surface area contributed by atoms with E-state index in [0.717, 1.165) is 0 Å². The number of fused-ring (bicyclic) bond motifs is 3. The molecular weight excluding hydrogens is 707 g/mol. The van der Waals surface area contributed by atoms with Crippen LogP contribution in [0.15, 0.2) is 115 Å². The van der Waals surface area contributed by atoms with Gasteiger partial charge in [0.05, 0.1) is 0 Å². The van der Waals surface area contributed by atoms with E-state index in [4.69, 9.17) is 0 Å². The van der Waals surface area contributed by atoms with Crippen LogP contribution in [0.25, 0.3) is 54.6 Å². The smallest absolute Gasteiger partial charge is 0.0274 e. The molecular formula is C43H44Cl2SiZr-2. The van der Waals surface area contributed by atoms with Crippen molar-refractivity contribution in [2.45, 2.75) is 60.6 Å². The van der Waals surface area contributed by atoms with E-state index in [-0.39, 0.29) is 30.2 Å². The Morgan fingerprint density at radius 3 is 1.85 bits per heavy atom. The fourth-order valence-electron chi connectivity index (χ4n) is 6.26. The largest absolute Gasteiger partial charge is 1.00 e.